The van der Waals surface area contributed by atoms with E-state index in [9.17, 15) is 22.8 Å². The molecule has 3 amide bonds. The summed E-state index contributed by atoms with van der Waals surface area (Å²) in [5.74, 6) is -0.824. The summed E-state index contributed by atoms with van der Waals surface area (Å²) in [6, 6.07) is 9.38. The highest BCUT2D eigenvalue weighted by molar-refractivity contribution is 5.95. The van der Waals surface area contributed by atoms with Crippen molar-refractivity contribution in [2.75, 3.05) is 38.0 Å². The van der Waals surface area contributed by atoms with Gasteiger partial charge in [-0.25, -0.2) is 4.79 Å². The maximum atomic E-state index is 12.4. The van der Waals surface area contributed by atoms with Gasteiger partial charge in [-0.1, -0.05) is 0 Å². The van der Waals surface area contributed by atoms with Gasteiger partial charge < -0.3 is 15.5 Å². The number of benzene rings is 1. The molecular formula is C20H22F3N5O2. The van der Waals surface area contributed by atoms with E-state index in [4.69, 9.17) is 0 Å². The van der Waals surface area contributed by atoms with Crippen molar-refractivity contribution in [3.05, 3.63) is 59.9 Å². The molecule has 1 aromatic carbocycles. The van der Waals surface area contributed by atoms with Crippen LogP contribution in [0.25, 0.3) is 0 Å². The van der Waals surface area contributed by atoms with Crippen molar-refractivity contribution in [3.8, 4) is 0 Å². The SMILES string of the molecule is O=C(NCC(F)(F)F)c1ccc(NC(=O)N2CCN(Cc3ccncc3)CC2)cc1. The summed E-state index contributed by atoms with van der Waals surface area (Å²) in [5.41, 5.74) is 1.72. The first-order chi connectivity index (χ1) is 14.3. The molecule has 1 fully saturated rings. The number of anilines is 1. The van der Waals surface area contributed by atoms with Gasteiger partial charge in [0.15, 0.2) is 0 Å². The van der Waals surface area contributed by atoms with Gasteiger partial charge in [0.05, 0.1) is 0 Å². The van der Waals surface area contributed by atoms with Crippen LogP contribution in [0.4, 0.5) is 23.7 Å². The summed E-state index contributed by atoms with van der Waals surface area (Å²) in [5, 5.41) is 4.55. The third-order valence-corrected chi connectivity index (χ3v) is 4.66. The highest BCUT2D eigenvalue weighted by Crippen LogP contribution is 2.15. The third kappa shape index (κ3) is 6.45. The quantitative estimate of drug-likeness (QED) is 0.778. The number of carbonyl (C=O) groups excluding carboxylic acids is 2. The minimum absolute atomic E-state index is 0.0852. The Bertz CT molecular complexity index is 851. The number of amides is 3. The monoisotopic (exact) mass is 421 g/mol. The molecule has 160 valence electrons. The Morgan fingerprint density at radius 2 is 1.60 bits per heavy atom. The molecule has 0 bridgehead atoms. The lowest BCUT2D eigenvalue weighted by Gasteiger charge is -2.34. The van der Waals surface area contributed by atoms with Crippen LogP contribution in [0.1, 0.15) is 15.9 Å². The topological polar surface area (TPSA) is 77.6 Å². The zero-order valence-electron chi connectivity index (χ0n) is 16.2. The molecule has 0 saturated carbocycles. The number of nitrogens with one attached hydrogen (secondary N) is 2. The van der Waals surface area contributed by atoms with Crippen LogP contribution in [-0.4, -0.2) is 65.6 Å². The molecule has 2 heterocycles. The Morgan fingerprint density at radius 3 is 2.20 bits per heavy atom. The number of alkyl halides is 3. The Labute approximate surface area is 171 Å². The van der Waals surface area contributed by atoms with Crippen molar-refractivity contribution in [2.24, 2.45) is 0 Å². The molecule has 0 aliphatic carbocycles. The second-order valence-corrected chi connectivity index (χ2v) is 6.92. The summed E-state index contributed by atoms with van der Waals surface area (Å²) >= 11 is 0. The highest BCUT2D eigenvalue weighted by Gasteiger charge is 2.28. The van der Waals surface area contributed by atoms with Gasteiger partial charge in [-0.15, -0.1) is 0 Å². The smallest absolute Gasteiger partial charge is 0.343 e. The van der Waals surface area contributed by atoms with Gasteiger partial charge in [0.1, 0.15) is 6.54 Å². The lowest BCUT2D eigenvalue weighted by molar-refractivity contribution is -0.123. The highest BCUT2D eigenvalue weighted by atomic mass is 19.4. The zero-order valence-corrected chi connectivity index (χ0v) is 16.2. The average Bonchev–Trinajstić information content (AvgIpc) is 2.73. The van der Waals surface area contributed by atoms with Crippen LogP contribution in [0, 0.1) is 0 Å². The number of rotatable bonds is 5. The van der Waals surface area contributed by atoms with Crippen LogP contribution in [0.2, 0.25) is 0 Å². The van der Waals surface area contributed by atoms with Gasteiger partial charge in [0.2, 0.25) is 0 Å². The predicted octanol–water partition coefficient (Wildman–Crippen LogP) is 2.72. The second kappa shape index (κ2) is 9.57. The molecule has 0 unspecified atom stereocenters. The molecule has 10 heteroatoms. The Morgan fingerprint density at radius 1 is 0.967 bits per heavy atom. The van der Waals surface area contributed by atoms with E-state index in [2.05, 4.69) is 15.2 Å². The third-order valence-electron chi connectivity index (χ3n) is 4.66. The molecule has 0 radical (unpaired) electrons. The summed E-state index contributed by atoms with van der Waals surface area (Å²) in [7, 11) is 0. The number of pyridine rings is 1. The minimum Gasteiger partial charge on any atom is -0.343 e. The van der Waals surface area contributed by atoms with Crippen LogP contribution in [0.3, 0.4) is 0 Å². The molecule has 30 heavy (non-hydrogen) atoms. The summed E-state index contributed by atoms with van der Waals surface area (Å²) in [6.45, 7) is 2.05. The summed E-state index contributed by atoms with van der Waals surface area (Å²) < 4.78 is 36.5. The van der Waals surface area contributed by atoms with Crippen molar-refractivity contribution in [1.82, 2.24) is 20.1 Å². The van der Waals surface area contributed by atoms with E-state index < -0.39 is 18.6 Å². The normalized spacial score (nSPS) is 15.0. The van der Waals surface area contributed by atoms with Crippen LogP contribution < -0.4 is 10.6 Å². The molecule has 3 rings (SSSR count). The fourth-order valence-corrected chi connectivity index (χ4v) is 3.05. The van der Waals surface area contributed by atoms with Crippen molar-refractivity contribution in [3.63, 3.8) is 0 Å². The standard InChI is InChI=1S/C20H22F3N5O2/c21-20(22,23)14-25-18(29)16-1-3-17(4-2-16)26-19(30)28-11-9-27(10-12-28)13-15-5-7-24-8-6-15/h1-8H,9-14H2,(H,25,29)(H,26,30). The molecular weight excluding hydrogens is 399 g/mol. The first kappa shape index (κ1) is 21.6. The van der Waals surface area contributed by atoms with Crippen LogP contribution in [-0.2, 0) is 6.54 Å². The number of nitrogens with zero attached hydrogens (tertiary/aromatic N) is 3. The van der Waals surface area contributed by atoms with E-state index >= 15 is 0 Å². The van der Waals surface area contributed by atoms with E-state index in [0.29, 0.717) is 18.8 Å². The lowest BCUT2D eigenvalue weighted by Crippen LogP contribution is -2.49. The van der Waals surface area contributed by atoms with E-state index in [0.717, 1.165) is 19.6 Å². The first-order valence-electron chi connectivity index (χ1n) is 9.42. The maximum Gasteiger partial charge on any atom is 0.405 e. The molecule has 1 saturated heterocycles. The largest absolute Gasteiger partial charge is 0.405 e. The zero-order chi connectivity index (χ0) is 21.6. The predicted molar refractivity (Wildman–Crippen MR) is 105 cm³/mol. The number of halogens is 3. The van der Waals surface area contributed by atoms with E-state index in [-0.39, 0.29) is 11.6 Å². The lowest BCUT2D eigenvalue weighted by atomic mass is 10.2. The van der Waals surface area contributed by atoms with Crippen molar-refractivity contribution >= 4 is 17.6 Å². The molecule has 2 N–H and O–H groups in total. The number of carbonyl (C=O) groups is 2. The molecule has 0 atom stereocenters. The second-order valence-electron chi connectivity index (χ2n) is 6.92. The van der Waals surface area contributed by atoms with Gasteiger partial charge in [-0.3, -0.25) is 14.7 Å². The van der Waals surface area contributed by atoms with Crippen LogP contribution >= 0.6 is 0 Å². The fourth-order valence-electron chi connectivity index (χ4n) is 3.05. The summed E-state index contributed by atoms with van der Waals surface area (Å²) in [6.07, 6.45) is -0.958. The molecule has 1 aliphatic rings. The number of hydrogen-bond donors (Lipinski definition) is 2. The molecule has 2 aromatic rings. The van der Waals surface area contributed by atoms with Crippen molar-refractivity contribution < 1.29 is 22.8 Å². The van der Waals surface area contributed by atoms with Crippen molar-refractivity contribution in [1.29, 1.82) is 0 Å². The summed E-state index contributed by atoms with van der Waals surface area (Å²) in [4.78, 5) is 32.1. The maximum absolute atomic E-state index is 12.4. The van der Waals surface area contributed by atoms with Gasteiger partial charge >= 0.3 is 12.2 Å². The molecule has 1 aromatic heterocycles. The minimum atomic E-state index is -4.47. The van der Waals surface area contributed by atoms with E-state index in [1.165, 1.54) is 29.8 Å². The van der Waals surface area contributed by atoms with Gasteiger partial charge in [-0.2, -0.15) is 13.2 Å². The van der Waals surface area contributed by atoms with E-state index in [1.807, 2.05) is 12.1 Å². The number of urea groups is 1. The van der Waals surface area contributed by atoms with Crippen LogP contribution in [0.15, 0.2) is 48.8 Å². The van der Waals surface area contributed by atoms with Gasteiger partial charge in [-0.05, 0) is 42.0 Å². The number of aromatic nitrogens is 1. The molecule has 7 nitrogen and oxygen atoms in total. The van der Waals surface area contributed by atoms with Crippen LogP contribution in [0.5, 0.6) is 0 Å². The fraction of sp³-hybridized carbons (Fsp3) is 0.350. The van der Waals surface area contributed by atoms with Gasteiger partial charge in [0.25, 0.3) is 5.91 Å². The Hall–Kier alpha value is -3.14. The van der Waals surface area contributed by atoms with E-state index in [1.54, 1.807) is 22.6 Å². The first-order valence-corrected chi connectivity index (χ1v) is 9.42. The van der Waals surface area contributed by atoms with Crippen molar-refractivity contribution in [2.45, 2.75) is 12.7 Å². The Kier molecular flexibility index (Phi) is 6.88. The molecule has 1 aliphatic heterocycles. The Balaban J connectivity index is 1.45. The average molecular weight is 421 g/mol. The number of hydrogen-bond acceptors (Lipinski definition) is 4. The van der Waals surface area contributed by atoms with Gasteiger partial charge in [0, 0.05) is 56.4 Å². The molecule has 0 spiro atoms. The number of piperazine rings is 1.